The van der Waals surface area contributed by atoms with Gasteiger partial charge in [-0.05, 0) is 35.7 Å². The van der Waals surface area contributed by atoms with Crippen LogP contribution in [0.1, 0.15) is 16.1 Å². The van der Waals surface area contributed by atoms with Crippen LogP contribution in [-0.4, -0.2) is 23.4 Å². The summed E-state index contributed by atoms with van der Waals surface area (Å²) in [4.78, 5) is 29.2. The summed E-state index contributed by atoms with van der Waals surface area (Å²) < 4.78 is 6.03. The van der Waals surface area contributed by atoms with E-state index in [1.807, 2.05) is 22.9 Å². The normalized spacial score (nSPS) is 10.4. The number of thiophene rings is 1. The Morgan fingerprint density at radius 3 is 2.68 bits per heavy atom. The summed E-state index contributed by atoms with van der Waals surface area (Å²) in [5.74, 6) is -0.825. The molecule has 5 nitrogen and oxygen atoms in total. The van der Waals surface area contributed by atoms with E-state index in [0.29, 0.717) is 11.3 Å². The van der Waals surface area contributed by atoms with Crippen LogP contribution < -0.4 is 5.32 Å². The third-order valence-electron chi connectivity index (χ3n) is 3.16. The maximum atomic E-state index is 11.9. The van der Waals surface area contributed by atoms with Crippen molar-refractivity contribution in [1.82, 2.24) is 10.3 Å². The zero-order valence-electron chi connectivity index (χ0n) is 12.9. The lowest BCUT2D eigenvalue weighted by molar-refractivity contribution is -0.143. The van der Waals surface area contributed by atoms with Gasteiger partial charge in [0.05, 0.1) is 10.6 Å². The van der Waals surface area contributed by atoms with Crippen molar-refractivity contribution >= 4 is 50.5 Å². The molecule has 3 aromatic rings. The van der Waals surface area contributed by atoms with Gasteiger partial charge in [0.25, 0.3) is 5.91 Å². The molecule has 2 heterocycles. The van der Waals surface area contributed by atoms with E-state index in [1.54, 1.807) is 35.6 Å². The molecular weight excluding hydrogens is 424 g/mol. The Morgan fingerprint density at radius 1 is 1.16 bits per heavy atom. The second kappa shape index (κ2) is 8.37. The highest BCUT2D eigenvalue weighted by atomic mass is 79.9. The SMILES string of the molecule is O=C(CNC(=O)c1ccc(Br)cc1)OCc1csc(-c2cccs2)n1. The first-order chi connectivity index (χ1) is 12.1. The highest BCUT2D eigenvalue weighted by Gasteiger charge is 2.11. The summed E-state index contributed by atoms with van der Waals surface area (Å²) >= 11 is 6.43. The van der Waals surface area contributed by atoms with E-state index < -0.39 is 5.97 Å². The van der Waals surface area contributed by atoms with E-state index in [4.69, 9.17) is 4.74 Å². The molecule has 128 valence electrons. The van der Waals surface area contributed by atoms with Gasteiger partial charge in [-0.1, -0.05) is 22.0 Å². The number of carbonyl (C=O) groups excluding carboxylic acids is 2. The summed E-state index contributed by atoms with van der Waals surface area (Å²) in [5, 5.41) is 7.30. The lowest BCUT2D eigenvalue weighted by Gasteiger charge is -2.05. The molecule has 0 aliphatic rings. The van der Waals surface area contributed by atoms with Gasteiger partial charge in [0.15, 0.2) is 0 Å². The number of nitrogens with zero attached hydrogens (tertiary/aromatic N) is 1. The standard InChI is InChI=1S/C17H13BrN2O3S2/c18-12-5-3-11(4-6-12)16(22)19-8-15(21)23-9-13-10-25-17(20-13)14-2-1-7-24-14/h1-7,10H,8-9H2,(H,19,22). The van der Waals surface area contributed by atoms with Crippen molar-refractivity contribution < 1.29 is 14.3 Å². The molecule has 2 aromatic heterocycles. The number of benzene rings is 1. The third kappa shape index (κ3) is 4.97. The lowest BCUT2D eigenvalue weighted by atomic mass is 10.2. The fourth-order valence-electron chi connectivity index (χ4n) is 1.95. The van der Waals surface area contributed by atoms with Crippen molar-refractivity contribution in [3.8, 4) is 9.88 Å². The van der Waals surface area contributed by atoms with E-state index in [0.717, 1.165) is 14.4 Å². The number of thiazole rings is 1. The third-order valence-corrected chi connectivity index (χ3v) is 5.62. The van der Waals surface area contributed by atoms with Crippen LogP contribution in [0.25, 0.3) is 9.88 Å². The van der Waals surface area contributed by atoms with Gasteiger partial charge in [-0.2, -0.15) is 0 Å². The molecule has 0 aliphatic carbocycles. The van der Waals surface area contributed by atoms with Crippen LogP contribution in [0.2, 0.25) is 0 Å². The number of carbonyl (C=O) groups is 2. The Balaban J connectivity index is 1.45. The molecule has 0 unspecified atom stereocenters. The molecule has 0 radical (unpaired) electrons. The molecule has 25 heavy (non-hydrogen) atoms. The molecule has 0 fully saturated rings. The van der Waals surface area contributed by atoms with E-state index in [1.165, 1.54) is 11.3 Å². The van der Waals surface area contributed by atoms with Crippen LogP contribution in [0, 0.1) is 0 Å². The van der Waals surface area contributed by atoms with Crippen molar-refractivity contribution in [2.24, 2.45) is 0 Å². The van der Waals surface area contributed by atoms with Gasteiger partial charge in [-0.15, -0.1) is 22.7 Å². The first kappa shape index (κ1) is 17.8. The maximum absolute atomic E-state index is 11.9. The van der Waals surface area contributed by atoms with Crippen molar-refractivity contribution in [2.75, 3.05) is 6.54 Å². The van der Waals surface area contributed by atoms with E-state index in [-0.39, 0.29) is 19.1 Å². The Labute approximate surface area is 160 Å². The molecule has 1 aromatic carbocycles. The Hall–Kier alpha value is -2.03. The van der Waals surface area contributed by atoms with Crippen LogP contribution in [-0.2, 0) is 16.1 Å². The van der Waals surface area contributed by atoms with Crippen molar-refractivity contribution in [3.05, 3.63) is 62.9 Å². The minimum absolute atomic E-state index is 0.0921. The predicted molar refractivity (Wildman–Crippen MR) is 102 cm³/mol. The van der Waals surface area contributed by atoms with Gasteiger partial charge in [0, 0.05) is 15.4 Å². The molecule has 0 atom stereocenters. The van der Waals surface area contributed by atoms with Gasteiger partial charge in [-0.3, -0.25) is 9.59 Å². The first-order valence-corrected chi connectivity index (χ1v) is 9.85. The van der Waals surface area contributed by atoms with Crippen LogP contribution in [0.3, 0.4) is 0 Å². The number of halogens is 1. The molecule has 0 saturated heterocycles. The van der Waals surface area contributed by atoms with E-state index in [2.05, 4.69) is 26.2 Å². The Bertz CT molecular complexity index is 860. The number of nitrogens with one attached hydrogen (secondary N) is 1. The lowest BCUT2D eigenvalue weighted by Crippen LogP contribution is -2.30. The molecule has 8 heteroatoms. The van der Waals surface area contributed by atoms with Crippen molar-refractivity contribution in [3.63, 3.8) is 0 Å². The minimum Gasteiger partial charge on any atom is -0.458 e. The van der Waals surface area contributed by atoms with E-state index >= 15 is 0 Å². The minimum atomic E-state index is -0.504. The van der Waals surface area contributed by atoms with Crippen LogP contribution in [0.5, 0.6) is 0 Å². The van der Waals surface area contributed by atoms with Crippen LogP contribution >= 0.6 is 38.6 Å². The van der Waals surface area contributed by atoms with Gasteiger partial charge in [-0.25, -0.2) is 4.98 Å². The van der Waals surface area contributed by atoms with Crippen molar-refractivity contribution in [2.45, 2.75) is 6.61 Å². The summed E-state index contributed by atoms with van der Waals surface area (Å²) in [6.45, 7) is -0.0916. The number of amides is 1. The Morgan fingerprint density at radius 2 is 1.96 bits per heavy atom. The zero-order chi connectivity index (χ0) is 17.6. The summed E-state index contributed by atoms with van der Waals surface area (Å²) in [7, 11) is 0. The fraction of sp³-hybridized carbons (Fsp3) is 0.118. The number of hydrogen-bond acceptors (Lipinski definition) is 6. The average molecular weight is 437 g/mol. The number of hydrogen-bond donors (Lipinski definition) is 1. The topological polar surface area (TPSA) is 68.3 Å². The monoisotopic (exact) mass is 436 g/mol. The summed E-state index contributed by atoms with van der Waals surface area (Å²) in [6, 6.07) is 10.8. The molecule has 0 bridgehead atoms. The smallest absolute Gasteiger partial charge is 0.325 e. The zero-order valence-corrected chi connectivity index (χ0v) is 16.1. The number of ether oxygens (including phenoxy) is 1. The largest absolute Gasteiger partial charge is 0.458 e. The number of esters is 1. The van der Waals surface area contributed by atoms with Crippen LogP contribution in [0.15, 0.2) is 51.6 Å². The second-order valence-electron chi connectivity index (χ2n) is 4.97. The van der Waals surface area contributed by atoms with Gasteiger partial charge in [0.1, 0.15) is 18.2 Å². The molecule has 1 N–H and O–H groups in total. The molecule has 0 saturated carbocycles. The fourth-order valence-corrected chi connectivity index (χ4v) is 3.83. The van der Waals surface area contributed by atoms with Gasteiger partial charge >= 0.3 is 5.97 Å². The average Bonchev–Trinajstić information content (AvgIpc) is 3.29. The quantitative estimate of drug-likeness (QED) is 0.590. The summed E-state index contributed by atoms with van der Waals surface area (Å²) in [5.41, 5.74) is 1.18. The van der Waals surface area contributed by atoms with Gasteiger partial charge in [0.2, 0.25) is 0 Å². The molecule has 0 spiro atoms. The number of aromatic nitrogens is 1. The highest BCUT2D eigenvalue weighted by Crippen LogP contribution is 2.27. The second-order valence-corrected chi connectivity index (χ2v) is 7.69. The Kier molecular flexibility index (Phi) is 5.95. The number of rotatable bonds is 6. The predicted octanol–water partition coefficient (Wildman–Crippen LogP) is 4.11. The highest BCUT2D eigenvalue weighted by molar-refractivity contribution is 9.10. The first-order valence-electron chi connectivity index (χ1n) is 7.29. The molecule has 0 aliphatic heterocycles. The molecule has 3 rings (SSSR count). The van der Waals surface area contributed by atoms with Crippen LogP contribution in [0.4, 0.5) is 0 Å². The van der Waals surface area contributed by atoms with E-state index in [9.17, 15) is 9.59 Å². The molecular formula is C17H13BrN2O3S2. The van der Waals surface area contributed by atoms with Crippen molar-refractivity contribution in [1.29, 1.82) is 0 Å². The molecule has 1 amide bonds. The summed E-state index contributed by atoms with van der Waals surface area (Å²) in [6.07, 6.45) is 0. The van der Waals surface area contributed by atoms with Gasteiger partial charge < -0.3 is 10.1 Å². The maximum Gasteiger partial charge on any atom is 0.325 e.